The number of aryl methyl sites for hydroxylation is 2. The van der Waals surface area contributed by atoms with E-state index in [0.29, 0.717) is 10.8 Å². The van der Waals surface area contributed by atoms with Crippen molar-refractivity contribution >= 4 is 27.2 Å². The summed E-state index contributed by atoms with van der Waals surface area (Å²) < 4.78 is 33.2. The van der Waals surface area contributed by atoms with Gasteiger partial charge in [0.1, 0.15) is 11.6 Å². The maximum absolute atomic E-state index is 15.1. The van der Waals surface area contributed by atoms with E-state index in [-0.39, 0.29) is 16.5 Å². The van der Waals surface area contributed by atoms with Gasteiger partial charge in [0.15, 0.2) is 10.8 Å². The summed E-state index contributed by atoms with van der Waals surface area (Å²) in [6.07, 6.45) is 3.38. The molecule has 0 bridgehead atoms. The zero-order chi connectivity index (χ0) is 20.3. The number of aromatic nitrogens is 7. The van der Waals surface area contributed by atoms with Gasteiger partial charge in [0, 0.05) is 42.4 Å². The van der Waals surface area contributed by atoms with E-state index in [0.717, 1.165) is 16.3 Å². The molecule has 0 aliphatic carbocycles. The minimum Gasteiger partial charge on any atom is -0.275 e. The summed E-state index contributed by atoms with van der Waals surface area (Å²) in [6.45, 7) is 3.59. The predicted molar refractivity (Wildman–Crippen MR) is 105 cm³/mol. The molecule has 5 rings (SSSR count). The van der Waals surface area contributed by atoms with Crippen molar-refractivity contribution < 1.29 is 8.78 Å². The Kier molecular flexibility index (Phi) is 3.91. The lowest BCUT2D eigenvalue weighted by molar-refractivity contribution is 0.547. The van der Waals surface area contributed by atoms with Crippen LogP contribution in [0.5, 0.6) is 0 Å². The first-order chi connectivity index (χ1) is 13.9. The Morgan fingerprint density at radius 3 is 2.76 bits per heavy atom. The van der Waals surface area contributed by atoms with Crippen LogP contribution in [0, 0.1) is 18.6 Å². The Balaban J connectivity index is 1.65. The van der Waals surface area contributed by atoms with Crippen molar-refractivity contribution in [3.05, 3.63) is 59.3 Å². The van der Waals surface area contributed by atoms with Crippen LogP contribution >= 0.6 is 11.3 Å². The second kappa shape index (κ2) is 6.38. The first kappa shape index (κ1) is 17.8. The third kappa shape index (κ3) is 2.70. The first-order valence-electron chi connectivity index (χ1n) is 8.89. The quantitative estimate of drug-likeness (QED) is 0.451. The molecule has 7 nitrogen and oxygen atoms in total. The van der Waals surface area contributed by atoms with Gasteiger partial charge < -0.3 is 0 Å². The van der Waals surface area contributed by atoms with Crippen LogP contribution < -0.4 is 0 Å². The number of fused-ring (bicyclic) bond motifs is 2. The van der Waals surface area contributed by atoms with E-state index in [4.69, 9.17) is 0 Å². The lowest BCUT2D eigenvalue weighted by Crippen LogP contribution is -2.08. The third-order valence-electron chi connectivity index (χ3n) is 4.91. The molecule has 0 fully saturated rings. The zero-order valence-electron chi connectivity index (χ0n) is 15.8. The van der Waals surface area contributed by atoms with E-state index >= 15 is 4.39 Å². The van der Waals surface area contributed by atoms with Crippen LogP contribution in [0.2, 0.25) is 0 Å². The molecule has 29 heavy (non-hydrogen) atoms. The van der Waals surface area contributed by atoms with E-state index in [1.54, 1.807) is 28.3 Å². The van der Waals surface area contributed by atoms with E-state index in [2.05, 4.69) is 25.4 Å². The topological polar surface area (TPSA) is 73.8 Å². The molecular formula is C19H15F2N7S. The molecule has 0 radical (unpaired) electrons. The molecule has 146 valence electrons. The number of pyridine rings is 1. The number of benzene rings is 1. The van der Waals surface area contributed by atoms with Gasteiger partial charge in [-0.3, -0.25) is 9.67 Å². The summed E-state index contributed by atoms with van der Waals surface area (Å²) in [5.74, 6) is -1.64. The summed E-state index contributed by atoms with van der Waals surface area (Å²) in [4.78, 5) is 4.58. The van der Waals surface area contributed by atoms with Crippen LogP contribution in [0.1, 0.15) is 29.9 Å². The Morgan fingerprint density at radius 2 is 2.00 bits per heavy atom. The molecule has 0 saturated carbocycles. The molecule has 1 aromatic carbocycles. The van der Waals surface area contributed by atoms with E-state index in [1.165, 1.54) is 23.6 Å². The molecule has 1 atom stereocenters. The predicted octanol–water partition coefficient (Wildman–Crippen LogP) is 3.87. The van der Waals surface area contributed by atoms with Gasteiger partial charge in [-0.1, -0.05) is 18.3 Å². The maximum Gasteiger partial charge on any atom is 0.235 e. The van der Waals surface area contributed by atoms with Crippen molar-refractivity contribution in [2.24, 2.45) is 7.05 Å². The summed E-state index contributed by atoms with van der Waals surface area (Å²) in [5.41, 5.74) is 1.92. The normalized spacial score (nSPS) is 12.9. The molecule has 0 amide bonds. The maximum atomic E-state index is 15.1. The SMILES string of the molecule is Cc1nn(C)cc1-c1nn2c([C@@H](C)c3c(F)cc4ncccc4c3F)nnc2s1. The minimum atomic E-state index is -0.695. The second-order valence-electron chi connectivity index (χ2n) is 6.84. The molecule has 4 aromatic heterocycles. The summed E-state index contributed by atoms with van der Waals surface area (Å²) >= 11 is 1.35. The third-order valence-corrected chi connectivity index (χ3v) is 5.84. The summed E-state index contributed by atoms with van der Waals surface area (Å²) in [5, 5.41) is 18.2. The Labute approximate surface area is 167 Å². The van der Waals surface area contributed by atoms with Crippen LogP contribution in [0.15, 0.2) is 30.6 Å². The van der Waals surface area contributed by atoms with Crippen molar-refractivity contribution in [2.45, 2.75) is 19.8 Å². The molecule has 5 aromatic rings. The number of halogens is 2. The van der Waals surface area contributed by atoms with Gasteiger partial charge >= 0.3 is 0 Å². The molecule has 0 N–H and O–H groups in total. The summed E-state index contributed by atoms with van der Waals surface area (Å²) in [7, 11) is 1.84. The minimum absolute atomic E-state index is 0.0769. The van der Waals surface area contributed by atoms with Crippen molar-refractivity contribution in [1.82, 2.24) is 34.6 Å². The van der Waals surface area contributed by atoms with Crippen molar-refractivity contribution in [2.75, 3.05) is 0 Å². The zero-order valence-corrected chi connectivity index (χ0v) is 16.6. The van der Waals surface area contributed by atoms with Gasteiger partial charge in [-0.15, -0.1) is 10.2 Å². The van der Waals surface area contributed by atoms with Crippen LogP contribution in [0.3, 0.4) is 0 Å². The van der Waals surface area contributed by atoms with Crippen LogP contribution in [-0.2, 0) is 7.05 Å². The smallest absolute Gasteiger partial charge is 0.235 e. The van der Waals surface area contributed by atoms with Gasteiger partial charge in [-0.25, -0.2) is 8.78 Å². The van der Waals surface area contributed by atoms with Crippen molar-refractivity contribution in [3.63, 3.8) is 0 Å². The fourth-order valence-corrected chi connectivity index (χ4v) is 4.42. The van der Waals surface area contributed by atoms with Crippen LogP contribution in [-0.4, -0.2) is 34.6 Å². The molecule has 0 spiro atoms. The largest absolute Gasteiger partial charge is 0.275 e. The summed E-state index contributed by atoms with van der Waals surface area (Å²) in [6, 6.07) is 4.45. The highest BCUT2D eigenvalue weighted by molar-refractivity contribution is 7.19. The van der Waals surface area contributed by atoms with Gasteiger partial charge in [0.25, 0.3) is 0 Å². The van der Waals surface area contributed by atoms with Crippen LogP contribution in [0.4, 0.5) is 8.78 Å². The molecule has 0 unspecified atom stereocenters. The van der Waals surface area contributed by atoms with E-state index in [9.17, 15) is 4.39 Å². The first-order valence-corrected chi connectivity index (χ1v) is 9.71. The second-order valence-corrected chi connectivity index (χ2v) is 7.80. The van der Waals surface area contributed by atoms with Gasteiger partial charge in [-0.2, -0.15) is 14.7 Å². The van der Waals surface area contributed by atoms with Crippen molar-refractivity contribution in [1.29, 1.82) is 0 Å². The Morgan fingerprint density at radius 1 is 1.17 bits per heavy atom. The highest BCUT2D eigenvalue weighted by Gasteiger charge is 2.26. The fraction of sp³-hybridized carbons (Fsp3) is 0.211. The number of rotatable bonds is 3. The molecule has 10 heteroatoms. The number of hydrogen-bond acceptors (Lipinski definition) is 6. The van der Waals surface area contributed by atoms with Gasteiger partial charge in [-0.05, 0) is 19.1 Å². The fourth-order valence-electron chi connectivity index (χ4n) is 3.51. The molecule has 0 aliphatic heterocycles. The van der Waals surface area contributed by atoms with Gasteiger partial charge in [0.2, 0.25) is 4.96 Å². The van der Waals surface area contributed by atoms with E-state index < -0.39 is 17.6 Å². The highest BCUT2D eigenvalue weighted by atomic mass is 32.1. The van der Waals surface area contributed by atoms with E-state index in [1.807, 2.05) is 20.2 Å². The van der Waals surface area contributed by atoms with Crippen LogP contribution in [0.25, 0.3) is 26.4 Å². The molecular weight excluding hydrogens is 396 g/mol. The Bertz CT molecular complexity index is 1380. The lowest BCUT2D eigenvalue weighted by atomic mass is 9.97. The lowest BCUT2D eigenvalue weighted by Gasteiger charge is -2.13. The van der Waals surface area contributed by atoms with Crippen molar-refractivity contribution in [3.8, 4) is 10.6 Å². The number of nitrogens with zero attached hydrogens (tertiary/aromatic N) is 7. The number of hydrogen-bond donors (Lipinski definition) is 0. The van der Waals surface area contributed by atoms with Gasteiger partial charge in [0.05, 0.1) is 16.8 Å². The highest BCUT2D eigenvalue weighted by Crippen LogP contribution is 2.34. The molecule has 0 saturated heterocycles. The average Bonchev–Trinajstić information content (AvgIpc) is 3.35. The average molecular weight is 411 g/mol. The molecule has 4 heterocycles. The molecule has 0 aliphatic rings. The standard InChI is InChI=1S/C19H15F2N7S/c1-9(15-13(20)7-14-11(16(15)21)5-4-6-22-14)17-23-24-19-28(17)26-18(29-19)12-8-27(3)25-10(12)2/h4-9H,1-3H3/t9-/m0/s1. The monoisotopic (exact) mass is 411 g/mol. The Hall–Kier alpha value is -3.27.